The van der Waals surface area contributed by atoms with E-state index in [0.717, 1.165) is 43.4 Å². The Morgan fingerprint density at radius 2 is 1.97 bits per heavy atom. The zero-order valence-corrected chi connectivity index (χ0v) is 21.2. The smallest absolute Gasteiger partial charge is 0.290 e. The average Bonchev–Trinajstić information content (AvgIpc) is 2.62. The first-order valence-electron chi connectivity index (χ1n) is 10.3. The highest BCUT2D eigenvalue weighted by molar-refractivity contribution is 8.82. The SMILES string of the molecule is CCCCC(NC(=O)SSc1ccccc1)C1(C)CC(NC(=S)S)CC(C)(C)C1. The number of rotatable bonds is 8. The number of amides is 1. The topological polar surface area (TPSA) is 41.1 Å². The molecule has 1 aromatic rings. The second-order valence-electron chi connectivity index (χ2n) is 9.16. The van der Waals surface area contributed by atoms with Crippen molar-refractivity contribution in [2.75, 3.05) is 0 Å². The van der Waals surface area contributed by atoms with Crippen LogP contribution in [0.3, 0.4) is 0 Å². The molecule has 0 bridgehead atoms. The highest BCUT2D eigenvalue weighted by atomic mass is 33.1. The van der Waals surface area contributed by atoms with Crippen molar-refractivity contribution in [1.82, 2.24) is 10.6 Å². The van der Waals surface area contributed by atoms with Gasteiger partial charge in [-0.3, -0.25) is 4.79 Å². The van der Waals surface area contributed by atoms with Gasteiger partial charge in [0.15, 0.2) is 0 Å². The molecule has 7 heteroatoms. The van der Waals surface area contributed by atoms with Crippen LogP contribution in [0, 0.1) is 10.8 Å². The van der Waals surface area contributed by atoms with Crippen LogP contribution >= 0.6 is 46.4 Å². The van der Waals surface area contributed by atoms with E-state index in [-0.39, 0.29) is 22.1 Å². The van der Waals surface area contributed by atoms with E-state index in [1.807, 2.05) is 30.3 Å². The lowest BCUT2D eigenvalue weighted by molar-refractivity contribution is 0.0446. The lowest BCUT2D eigenvalue weighted by Gasteiger charge is -2.50. The Hall–Kier alpha value is -0.370. The van der Waals surface area contributed by atoms with Crippen molar-refractivity contribution in [2.24, 2.45) is 10.8 Å². The number of unbranched alkanes of at least 4 members (excludes halogenated alkanes) is 1. The molecule has 0 heterocycles. The van der Waals surface area contributed by atoms with Crippen molar-refractivity contribution in [1.29, 1.82) is 0 Å². The summed E-state index contributed by atoms with van der Waals surface area (Å²) in [4.78, 5) is 13.9. The highest BCUT2D eigenvalue weighted by Gasteiger charge is 2.46. The maximum Gasteiger partial charge on any atom is 0.290 e. The minimum absolute atomic E-state index is 0.0147. The number of hydrogen-bond acceptors (Lipinski definition) is 4. The zero-order valence-electron chi connectivity index (χ0n) is 17.9. The van der Waals surface area contributed by atoms with E-state index in [9.17, 15) is 4.79 Å². The van der Waals surface area contributed by atoms with E-state index in [1.54, 1.807) is 0 Å². The van der Waals surface area contributed by atoms with Crippen LogP contribution in [-0.2, 0) is 0 Å². The number of benzene rings is 1. The minimum atomic E-state index is 0.0147. The van der Waals surface area contributed by atoms with Crippen LogP contribution in [0.4, 0.5) is 4.79 Å². The lowest BCUT2D eigenvalue weighted by Crippen LogP contribution is -2.54. The second kappa shape index (κ2) is 11.3. The van der Waals surface area contributed by atoms with Crippen molar-refractivity contribution in [2.45, 2.75) is 83.2 Å². The number of carbonyl (C=O) groups is 1. The average molecular weight is 471 g/mol. The van der Waals surface area contributed by atoms with Gasteiger partial charge in [-0.15, -0.1) is 12.6 Å². The first-order valence-corrected chi connectivity index (χ1v) is 13.3. The summed E-state index contributed by atoms with van der Waals surface area (Å²) in [7, 11) is 2.80. The largest absolute Gasteiger partial charge is 0.368 e. The fourth-order valence-electron chi connectivity index (χ4n) is 4.81. The van der Waals surface area contributed by atoms with Gasteiger partial charge in [-0.1, -0.05) is 71.0 Å². The molecule has 0 aliphatic heterocycles. The molecule has 3 atom stereocenters. The number of thiocarbonyl (C=S) groups is 1. The summed E-state index contributed by atoms with van der Waals surface area (Å²) < 4.78 is 0.555. The molecule has 0 saturated heterocycles. The molecule has 1 amide bonds. The van der Waals surface area contributed by atoms with Crippen LogP contribution in [0.25, 0.3) is 0 Å². The Kier molecular flexibility index (Phi) is 9.71. The molecule has 2 rings (SSSR count). The van der Waals surface area contributed by atoms with E-state index in [0.29, 0.717) is 10.4 Å². The maximum atomic E-state index is 12.8. The molecule has 1 fully saturated rings. The van der Waals surface area contributed by atoms with Crippen LogP contribution in [-0.4, -0.2) is 21.6 Å². The Morgan fingerprint density at radius 3 is 2.59 bits per heavy atom. The number of carbonyl (C=O) groups excluding carboxylic acids is 1. The molecule has 0 radical (unpaired) electrons. The van der Waals surface area contributed by atoms with E-state index in [2.05, 4.69) is 51.0 Å². The molecule has 1 aliphatic rings. The summed E-state index contributed by atoms with van der Waals surface area (Å²) >= 11 is 9.48. The maximum absolute atomic E-state index is 12.8. The molecule has 1 aromatic carbocycles. The number of hydrogen-bond donors (Lipinski definition) is 3. The Labute approximate surface area is 195 Å². The summed E-state index contributed by atoms with van der Waals surface area (Å²) in [5.41, 5.74) is 0.200. The predicted octanol–water partition coefficient (Wildman–Crippen LogP) is 7.08. The second-order valence-corrected chi connectivity index (χ2v) is 12.5. The van der Waals surface area contributed by atoms with Crippen molar-refractivity contribution in [3.05, 3.63) is 30.3 Å². The zero-order chi connectivity index (χ0) is 21.5. The van der Waals surface area contributed by atoms with E-state index in [4.69, 9.17) is 12.2 Å². The van der Waals surface area contributed by atoms with Gasteiger partial charge in [0.1, 0.15) is 4.32 Å². The highest BCUT2D eigenvalue weighted by Crippen LogP contribution is 2.49. The fraction of sp³-hybridized carbons (Fsp3) is 0.636. The number of thiol groups is 1. The molecule has 29 heavy (non-hydrogen) atoms. The summed E-state index contributed by atoms with van der Waals surface area (Å²) in [5.74, 6) is 0. The third-order valence-corrected chi connectivity index (χ3v) is 8.00. The van der Waals surface area contributed by atoms with Gasteiger partial charge in [0.25, 0.3) is 5.24 Å². The van der Waals surface area contributed by atoms with Gasteiger partial charge in [0.2, 0.25) is 0 Å². The molecule has 2 N–H and O–H groups in total. The standard InChI is InChI=1S/C22H34N2OS4/c1-5-6-12-18(24-19(25)29-28-17-10-8-7-9-11-17)22(4)14-16(23-20(26)27)13-21(2,3)15-22/h7-11,16,18H,5-6,12-15H2,1-4H3,(H,24,25)(H2,23,26,27). The molecule has 0 aromatic heterocycles. The van der Waals surface area contributed by atoms with Gasteiger partial charge in [-0.25, -0.2) is 0 Å². The Morgan fingerprint density at radius 1 is 1.28 bits per heavy atom. The lowest BCUT2D eigenvalue weighted by atomic mass is 9.59. The van der Waals surface area contributed by atoms with Gasteiger partial charge in [0, 0.05) is 27.8 Å². The van der Waals surface area contributed by atoms with Crippen LogP contribution in [0.15, 0.2) is 35.2 Å². The first kappa shape index (κ1) is 24.9. The minimum Gasteiger partial charge on any atom is -0.368 e. The summed E-state index contributed by atoms with van der Waals surface area (Å²) in [6.45, 7) is 9.17. The van der Waals surface area contributed by atoms with Gasteiger partial charge >= 0.3 is 0 Å². The molecule has 162 valence electrons. The Balaban J connectivity index is 2.09. The van der Waals surface area contributed by atoms with Crippen LogP contribution in [0.5, 0.6) is 0 Å². The van der Waals surface area contributed by atoms with Gasteiger partial charge in [0.05, 0.1) is 0 Å². The van der Waals surface area contributed by atoms with Crippen molar-refractivity contribution >= 4 is 56.0 Å². The third kappa shape index (κ3) is 8.35. The van der Waals surface area contributed by atoms with Crippen molar-refractivity contribution in [3.63, 3.8) is 0 Å². The molecule has 1 aliphatic carbocycles. The van der Waals surface area contributed by atoms with Gasteiger partial charge < -0.3 is 10.6 Å². The normalized spacial score (nSPS) is 24.5. The predicted molar refractivity (Wildman–Crippen MR) is 136 cm³/mol. The van der Waals surface area contributed by atoms with E-state index < -0.39 is 0 Å². The molecule has 3 nitrogen and oxygen atoms in total. The molecule has 0 spiro atoms. The summed E-state index contributed by atoms with van der Waals surface area (Å²) in [5, 5.41) is 6.79. The Bertz CT molecular complexity index is 683. The van der Waals surface area contributed by atoms with E-state index in [1.165, 1.54) is 21.6 Å². The summed E-state index contributed by atoms with van der Waals surface area (Å²) in [6.07, 6.45) is 6.38. The first-order chi connectivity index (χ1) is 13.6. The van der Waals surface area contributed by atoms with Crippen LogP contribution < -0.4 is 10.6 Å². The monoisotopic (exact) mass is 470 g/mol. The quantitative estimate of drug-likeness (QED) is 0.215. The van der Waals surface area contributed by atoms with Crippen molar-refractivity contribution < 1.29 is 4.79 Å². The molecular formula is C22H34N2OS4. The van der Waals surface area contributed by atoms with Crippen LogP contribution in [0.1, 0.15) is 66.2 Å². The van der Waals surface area contributed by atoms with E-state index >= 15 is 0 Å². The third-order valence-electron chi connectivity index (χ3n) is 5.66. The molecule has 3 unspecified atom stereocenters. The van der Waals surface area contributed by atoms with Gasteiger partial charge in [-0.2, -0.15) is 0 Å². The fourth-order valence-corrected chi connectivity index (χ4v) is 6.79. The van der Waals surface area contributed by atoms with Gasteiger partial charge in [-0.05, 0) is 59.4 Å². The number of nitrogens with one attached hydrogen (secondary N) is 2. The molecular weight excluding hydrogens is 437 g/mol. The van der Waals surface area contributed by atoms with Crippen molar-refractivity contribution in [3.8, 4) is 0 Å². The summed E-state index contributed by atoms with van der Waals surface area (Å²) in [6, 6.07) is 10.5. The molecule has 1 saturated carbocycles. The van der Waals surface area contributed by atoms with Crippen LogP contribution in [0.2, 0.25) is 0 Å².